The molecule has 18 heavy (non-hydrogen) atoms. The van der Waals surface area contributed by atoms with Crippen LogP contribution in [-0.4, -0.2) is 12.4 Å². The van der Waals surface area contributed by atoms with Gasteiger partial charge in [-0.2, -0.15) is 0 Å². The van der Waals surface area contributed by atoms with Gasteiger partial charge in [0.25, 0.3) is 0 Å². The predicted octanol–water partition coefficient (Wildman–Crippen LogP) is 3.21. The van der Waals surface area contributed by atoms with Gasteiger partial charge in [0.1, 0.15) is 5.84 Å². The van der Waals surface area contributed by atoms with E-state index in [2.05, 4.69) is 6.92 Å². The van der Waals surface area contributed by atoms with Crippen molar-refractivity contribution in [2.75, 3.05) is 6.61 Å². The molecular formula is C13H18F2N2O. The fourth-order valence-corrected chi connectivity index (χ4v) is 1.56. The molecule has 0 heterocycles. The van der Waals surface area contributed by atoms with Gasteiger partial charge in [-0.05, 0) is 18.6 Å². The Morgan fingerprint density at radius 3 is 2.33 bits per heavy atom. The second-order valence-corrected chi connectivity index (χ2v) is 4.09. The molecule has 0 fully saturated rings. The van der Waals surface area contributed by atoms with E-state index in [1.165, 1.54) is 0 Å². The predicted molar refractivity (Wildman–Crippen MR) is 67.0 cm³/mol. The fourth-order valence-electron chi connectivity index (χ4n) is 1.56. The molecule has 0 aliphatic heterocycles. The molecule has 0 saturated heterocycles. The smallest absolute Gasteiger partial charge is 0.190 e. The minimum absolute atomic E-state index is 0.0170. The number of benzene rings is 1. The number of nitrogens with two attached hydrogens (primary N) is 1. The number of ether oxygens (including phenoxy) is 1. The maximum Gasteiger partial charge on any atom is 0.190 e. The first kappa shape index (κ1) is 14.4. The SMILES string of the molecule is CCCCCCOc1c(F)cc(C(=N)N)cc1F. The van der Waals surface area contributed by atoms with Crippen LogP contribution < -0.4 is 10.5 Å². The molecule has 0 saturated carbocycles. The van der Waals surface area contributed by atoms with E-state index in [-0.39, 0.29) is 18.0 Å². The van der Waals surface area contributed by atoms with Crippen molar-refractivity contribution < 1.29 is 13.5 Å². The molecule has 3 nitrogen and oxygen atoms in total. The molecule has 0 aromatic heterocycles. The van der Waals surface area contributed by atoms with Gasteiger partial charge in [0, 0.05) is 5.56 Å². The summed E-state index contributed by atoms with van der Waals surface area (Å²) in [6.45, 7) is 2.37. The van der Waals surface area contributed by atoms with Crippen LogP contribution in [0.2, 0.25) is 0 Å². The highest BCUT2D eigenvalue weighted by atomic mass is 19.1. The third-order valence-corrected chi connectivity index (χ3v) is 2.55. The number of nitrogen functional groups attached to an aromatic ring is 1. The van der Waals surface area contributed by atoms with Crippen molar-refractivity contribution in [3.63, 3.8) is 0 Å². The molecule has 0 spiro atoms. The van der Waals surface area contributed by atoms with Gasteiger partial charge >= 0.3 is 0 Å². The lowest BCUT2D eigenvalue weighted by Crippen LogP contribution is -2.12. The zero-order valence-corrected chi connectivity index (χ0v) is 10.4. The van der Waals surface area contributed by atoms with Gasteiger partial charge in [-0.25, -0.2) is 8.78 Å². The molecule has 5 heteroatoms. The highest BCUT2D eigenvalue weighted by Gasteiger charge is 2.13. The van der Waals surface area contributed by atoms with Gasteiger partial charge in [0.2, 0.25) is 0 Å². The van der Waals surface area contributed by atoms with Gasteiger partial charge in [-0.1, -0.05) is 26.2 Å². The number of hydrogen-bond donors (Lipinski definition) is 2. The summed E-state index contributed by atoms with van der Waals surface area (Å²) < 4.78 is 32.1. The third-order valence-electron chi connectivity index (χ3n) is 2.55. The average Bonchev–Trinajstić information content (AvgIpc) is 2.31. The number of nitrogens with one attached hydrogen (secondary N) is 1. The van der Waals surface area contributed by atoms with Gasteiger partial charge < -0.3 is 10.5 Å². The van der Waals surface area contributed by atoms with E-state index in [0.717, 1.165) is 37.8 Å². The highest BCUT2D eigenvalue weighted by Crippen LogP contribution is 2.23. The molecule has 1 aromatic rings. The molecule has 0 unspecified atom stereocenters. The van der Waals surface area contributed by atoms with Crippen LogP contribution in [0.3, 0.4) is 0 Å². The van der Waals surface area contributed by atoms with Crippen molar-refractivity contribution in [3.8, 4) is 5.75 Å². The minimum Gasteiger partial charge on any atom is -0.488 e. The van der Waals surface area contributed by atoms with Crippen LogP contribution in [0.4, 0.5) is 8.78 Å². The van der Waals surface area contributed by atoms with E-state index in [1.807, 2.05) is 0 Å². The van der Waals surface area contributed by atoms with Crippen molar-refractivity contribution in [2.24, 2.45) is 5.73 Å². The second-order valence-electron chi connectivity index (χ2n) is 4.09. The Morgan fingerprint density at radius 1 is 1.22 bits per heavy atom. The molecule has 0 radical (unpaired) electrons. The number of amidine groups is 1. The summed E-state index contributed by atoms with van der Waals surface area (Å²) in [4.78, 5) is 0. The molecule has 0 aliphatic carbocycles. The van der Waals surface area contributed by atoms with Gasteiger partial charge in [-0.15, -0.1) is 0 Å². The molecular weight excluding hydrogens is 238 g/mol. The zero-order valence-electron chi connectivity index (χ0n) is 10.4. The molecule has 100 valence electrons. The van der Waals surface area contributed by atoms with Crippen LogP contribution in [0, 0.1) is 17.0 Å². The molecule has 3 N–H and O–H groups in total. The first-order chi connectivity index (χ1) is 8.56. The quantitative estimate of drug-likeness (QED) is 0.447. The highest BCUT2D eigenvalue weighted by molar-refractivity contribution is 5.95. The van der Waals surface area contributed by atoms with Crippen molar-refractivity contribution in [1.82, 2.24) is 0 Å². The van der Waals surface area contributed by atoms with Crippen LogP contribution in [0.1, 0.15) is 38.2 Å². The topological polar surface area (TPSA) is 59.1 Å². The first-order valence-corrected chi connectivity index (χ1v) is 6.02. The molecule has 1 rings (SSSR count). The Labute approximate surface area is 105 Å². The van der Waals surface area contributed by atoms with Crippen LogP contribution in [-0.2, 0) is 0 Å². The summed E-state index contributed by atoms with van der Waals surface area (Å²) in [6.07, 6.45) is 3.92. The largest absolute Gasteiger partial charge is 0.488 e. The van der Waals surface area contributed by atoms with Crippen molar-refractivity contribution in [2.45, 2.75) is 32.6 Å². The summed E-state index contributed by atoms with van der Waals surface area (Å²) in [5.41, 5.74) is 5.18. The molecule has 1 aromatic carbocycles. The van der Waals surface area contributed by atoms with Crippen LogP contribution in [0.5, 0.6) is 5.75 Å². The van der Waals surface area contributed by atoms with E-state index >= 15 is 0 Å². The lowest BCUT2D eigenvalue weighted by molar-refractivity contribution is 0.275. The van der Waals surface area contributed by atoms with Crippen LogP contribution >= 0.6 is 0 Å². The Balaban J connectivity index is 2.63. The lowest BCUT2D eigenvalue weighted by Gasteiger charge is -2.09. The molecule has 0 bridgehead atoms. The van der Waals surface area contributed by atoms with E-state index in [0.29, 0.717) is 0 Å². The Morgan fingerprint density at radius 2 is 1.83 bits per heavy atom. The second kappa shape index (κ2) is 6.93. The Hall–Kier alpha value is -1.65. The summed E-state index contributed by atoms with van der Waals surface area (Å²) in [6, 6.07) is 2.01. The maximum absolute atomic E-state index is 13.5. The Kier molecular flexibility index (Phi) is 5.55. The van der Waals surface area contributed by atoms with Crippen molar-refractivity contribution in [3.05, 3.63) is 29.3 Å². The van der Waals surface area contributed by atoms with E-state index in [1.54, 1.807) is 0 Å². The summed E-state index contributed by atoms with van der Waals surface area (Å²) >= 11 is 0. The number of halogens is 2. The van der Waals surface area contributed by atoms with Crippen molar-refractivity contribution in [1.29, 1.82) is 5.41 Å². The standard InChI is InChI=1S/C13H18F2N2O/c1-2-3-4-5-6-18-12-10(14)7-9(13(16)17)8-11(12)15/h7-8H,2-6H2,1H3,(H3,16,17). The molecule has 0 amide bonds. The number of rotatable bonds is 7. The Bertz CT molecular complexity index is 398. The van der Waals surface area contributed by atoms with Gasteiger partial charge in [-0.3, -0.25) is 5.41 Å². The molecule has 0 aliphatic rings. The zero-order chi connectivity index (χ0) is 13.5. The monoisotopic (exact) mass is 256 g/mol. The normalized spacial score (nSPS) is 10.4. The van der Waals surface area contributed by atoms with Gasteiger partial charge in [0.15, 0.2) is 17.4 Å². The summed E-state index contributed by atoms with van der Waals surface area (Å²) in [5.74, 6) is -2.41. The minimum atomic E-state index is -0.823. The van der Waals surface area contributed by atoms with Crippen molar-refractivity contribution >= 4 is 5.84 Å². The molecule has 0 atom stereocenters. The first-order valence-electron chi connectivity index (χ1n) is 6.02. The number of hydrogen-bond acceptors (Lipinski definition) is 2. The lowest BCUT2D eigenvalue weighted by atomic mass is 10.2. The van der Waals surface area contributed by atoms with Crippen LogP contribution in [0.25, 0.3) is 0 Å². The van der Waals surface area contributed by atoms with Crippen LogP contribution in [0.15, 0.2) is 12.1 Å². The average molecular weight is 256 g/mol. The van der Waals surface area contributed by atoms with E-state index in [4.69, 9.17) is 15.9 Å². The number of unbranched alkanes of at least 4 members (excludes halogenated alkanes) is 3. The van der Waals surface area contributed by atoms with Gasteiger partial charge in [0.05, 0.1) is 6.61 Å². The summed E-state index contributed by atoms with van der Waals surface area (Å²) in [5, 5.41) is 7.12. The van der Waals surface area contributed by atoms with E-state index in [9.17, 15) is 8.78 Å². The fraction of sp³-hybridized carbons (Fsp3) is 0.462. The summed E-state index contributed by atoms with van der Waals surface area (Å²) in [7, 11) is 0. The third kappa shape index (κ3) is 3.98. The maximum atomic E-state index is 13.5. The van der Waals surface area contributed by atoms with E-state index < -0.39 is 17.4 Å².